The second kappa shape index (κ2) is 5.85. The number of aromatic nitrogens is 1. The fourth-order valence-electron chi connectivity index (χ4n) is 2.86. The van der Waals surface area contributed by atoms with Gasteiger partial charge in [-0.05, 0) is 13.0 Å². The predicted octanol–water partition coefficient (Wildman–Crippen LogP) is 2.12. The number of hydrogen-bond donors (Lipinski definition) is 2. The topological polar surface area (TPSA) is 88.5 Å². The second-order valence-electron chi connectivity index (χ2n) is 5.89. The van der Waals surface area contributed by atoms with E-state index in [-0.39, 0.29) is 23.1 Å². The molecule has 120 valence electrons. The molecule has 0 bridgehead atoms. The molecule has 2 atom stereocenters. The van der Waals surface area contributed by atoms with Crippen LogP contribution in [0.5, 0.6) is 0 Å². The number of carboxylic acid groups (broad SMARTS) is 1. The number of aliphatic carboxylic acids is 1. The number of rotatable bonds is 5. The van der Waals surface area contributed by atoms with Crippen LogP contribution in [0, 0.1) is 5.41 Å². The molecule has 7 heteroatoms. The molecule has 22 heavy (non-hydrogen) atoms. The molecular formula is C15H19ClN2O4. The molecule has 6 nitrogen and oxygen atoms in total. The second-order valence-corrected chi connectivity index (χ2v) is 6.30. The van der Waals surface area contributed by atoms with Crippen molar-refractivity contribution in [1.82, 2.24) is 10.3 Å². The first kappa shape index (κ1) is 16.7. The van der Waals surface area contributed by atoms with Gasteiger partial charge in [-0.1, -0.05) is 25.4 Å². The van der Waals surface area contributed by atoms with Crippen LogP contribution in [-0.4, -0.2) is 40.2 Å². The average molecular weight is 327 g/mol. The van der Waals surface area contributed by atoms with E-state index in [9.17, 15) is 14.7 Å². The Morgan fingerprint density at radius 1 is 1.55 bits per heavy atom. The summed E-state index contributed by atoms with van der Waals surface area (Å²) in [7, 11) is 0. The Labute approximate surface area is 133 Å². The van der Waals surface area contributed by atoms with Crippen LogP contribution in [0.25, 0.3) is 0 Å². The summed E-state index contributed by atoms with van der Waals surface area (Å²) in [6.07, 6.45) is 2.78. The van der Waals surface area contributed by atoms with Gasteiger partial charge in [-0.25, -0.2) is 4.79 Å². The minimum absolute atomic E-state index is 0.180. The summed E-state index contributed by atoms with van der Waals surface area (Å²) in [5.41, 5.74) is -1.91. The fraction of sp³-hybridized carbons (Fsp3) is 0.533. The average Bonchev–Trinajstić information content (AvgIpc) is 2.45. The zero-order valence-electron chi connectivity index (χ0n) is 12.7. The highest BCUT2D eigenvalue weighted by Gasteiger charge is 2.66. The summed E-state index contributed by atoms with van der Waals surface area (Å²) in [6, 6.07) is 1.46. The first-order chi connectivity index (χ1) is 10.3. The number of hydrogen-bond acceptors (Lipinski definition) is 4. The van der Waals surface area contributed by atoms with Gasteiger partial charge in [0, 0.05) is 30.8 Å². The van der Waals surface area contributed by atoms with Crippen molar-refractivity contribution >= 4 is 23.5 Å². The van der Waals surface area contributed by atoms with Crippen LogP contribution in [0.4, 0.5) is 0 Å². The largest absolute Gasteiger partial charge is 0.479 e. The molecule has 1 aliphatic carbocycles. The van der Waals surface area contributed by atoms with Crippen LogP contribution in [0.15, 0.2) is 18.5 Å². The number of halogens is 1. The van der Waals surface area contributed by atoms with E-state index in [1.54, 1.807) is 13.8 Å². The summed E-state index contributed by atoms with van der Waals surface area (Å²) in [5, 5.41) is 12.5. The predicted molar refractivity (Wildman–Crippen MR) is 80.9 cm³/mol. The van der Waals surface area contributed by atoms with E-state index in [0.29, 0.717) is 6.61 Å². The van der Waals surface area contributed by atoms with Crippen LogP contribution in [0.3, 0.4) is 0 Å². The van der Waals surface area contributed by atoms with Crippen molar-refractivity contribution < 1.29 is 19.4 Å². The van der Waals surface area contributed by atoms with Crippen molar-refractivity contribution in [2.75, 3.05) is 6.61 Å². The minimum Gasteiger partial charge on any atom is -0.479 e. The van der Waals surface area contributed by atoms with Gasteiger partial charge in [0.05, 0.1) is 16.7 Å². The molecule has 1 aromatic heterocycles. The molecule has 1 aliphatic rings. The van der Waals surface area contributed by atoms with E-state index < -0.39 is 22.8 Å². The molecule has 0 spiro atoms. The molecule has 0 aliphatic heterocycles. The maximum atomic E-state index is 12.4. The van der Waals surface area contributed by atoms with Gasteiger partial charge in [0.1, 0.15) is 5.54 Å². The number of ether oxygens (including phenoxy) is 1. The van der Waals surface area contributed by atoms with Crippen LogP contribution in [-0.2, 0) is 9.53 Å². The highest BCUT2D eigenvalue weighted by molar-refractivity contribution is 6.33. The van der Waals surface area contributed by atoms with Gasteiger partial charge in [0.2, 0.25) is 0 Å². The van der Waals surface area contributed by atoms with E-state index in [2.05, 4.69) is 10.3 Å². The number of nitrogens with zero attached hydrogens (tertiary/aromatic N) is 1. The van der Waals surface area contributed by atoms with Gasteiger partial charge in [-0.2, -0.15) is 0 Å². The van der Waals surface area contributed by atoms with Crippen molar-refractivity contribution in [2.24, 2.45) is 5.41 Å². The number of carboxylic acids is 1. The highest BCUT2D eigenvalue weighted by Crippen LogP contribution is 2.51. The van der Waals surface area contributed by atoms with Gasteiger partial charge < -0.3 is 15.2 Å². The fourth-order valence-corrected chi connectivity index (χ4v) is 3.06. The minimum atomic E-state index is -1.38. The molecule has 1 amide bonds. The van der Waals surface area contributed by atoms with Gasteiger partial charge in [-0.3, -0.25) is 9.78 Å². The van der Waals surface area contributed by atoms with E-state index >= 15 is 0 Å². The third-order valence-corrected chi connectivity index (χ3v) is 4.77. The van der Waals surface area contributed by atoms with Crippen molar-refractivity contribution in [1.29, 1.82) is 0 Å². The summed E-state index contributed by atoms with van der Waals surface area (Å²) >= 11 is 5.94. The summed E-state index contributed by atoms with van der Waals surface area (Å²) in [4.78, 5) is 28.0. The Morgan fingerprint density at radius 3 is 2.73 bits per heavy atom. The SMILES string of the molecule is CCOC1CC(NC(=O)c2ccncc2Cl)(C(=O)O)C1(C)C. The van der Waals surface area contributed by atoms with E-state index in [1.165, 1.54) is 18.5 Å². The summed E-state index contributed by atoms with van der Waals surface area (Å²) in [5.74, 6) is -1.61. The Bertz CT molecular complexity index is 605. The molecule has 2 unspecified atom stereocenters. The first-order valence-corrected chi connectivity index (χ1v) is 7.41. The van der Waals surface area contributed by atoms with Crippen molar-refractivity contribution in [2.45, 2.75) is 38.8 Å². The normalized spacial score (nSPS) is 26.1. The maximum Gasteiger partial charge on any atom is 0.330 e. The molecule has 2 rings (SSSR count). The third-order valence-electron chi connectivity index (χ3n) is 4.47. The number of pyridine rings is 1. The summed E-state index contributed by atoms with van der Waals surface area (Å²) in [6.45, 7) is 5.90. The van der Waals surface area contributed by atoms with Crippen molar-refractivity contribution in [3.05, 3.63) is 29.0 Å². The van der Waals surface area contributed by atoms with Crippen molar-refractivity contribution in [3.8, 4) is 0 Å². The van der Waals surface area contributed by atoms with E-state index in [4.69, 9.17) is 16.3 Å². The Balaban J connectivity index is 2.27. The lowest BCUT2D eigenvalue weighted by molar-refractivity contribution is -0.190. The molecule has 0 radical (unpaired) electrons. The molecule has 1 heterocycles. The lowest BCUT2D eigenvalue weighted by Crippen LogP contribution is -2.76. The van der Waals surface area contributed by atoms with Crippen molar-refractivity contribution in [3.63, 3.8) is 0 Å². The standard InChI is InChI=1S/C15H19ClN2O4/c1-4-22-11-7-15(13(20)21,14(11,2)3)18-12(19)9-5-6-17-8-10(9)16/h5-6,8,11H,4,7H2,1-3H3,(H,18,19)(H,20,21). The highest BCUT2D eigenvalue weighted by atomic mass is 35.5. The molecule has 1 aromatic rings. The van der Waals surface area contributed by atoms with Gasteiger partial charge >= 0.3 is 5.97 Å². The van der Waals surface area contributed by atoms with Crippen LogP contribution in [0.2, 0.25) is 5.02 Å². The number of amides is 1. The van der Waals surface area contributed by atoms with E-state index in [1.807, 2.05) is 6.92 Å². The lowest BCUT2D eigenvalue weighted by atomic mass is 9.54. The number of nitrogens with one attached hydrogen (secondary N) is 1. The van der Waals surface area contributed by atoms with Gasteiger partial charge in [0.15, 0.2) is 0 Å². The van der Waals surface area contributed by atoms with Crippen LogP contribution in [0.1, 0.15) is 37.6 Å². The molecular weight excluding hydrogens is 308 g/mol. The Kier molecular flexibility index (Phi) is 4.44. The third kappa shape index (κ3) is 2.46. The first-order valence-electron chi connectivity index (χ1n) is 7.03. The zero-order chi connectivity index (χ0) is 16.5. The lowest BCUT2D eigenvalue weighted by Gasteiger charge is -2.58. The van der Waals surface area contributed by atoms with Gasteiger partial charge in [0.25, 0.3) is 5.91 Å². The molecule has 1 saturated carbocycles. The maximum absolute atomic E-state index is 12.4. The molecule has 0 aromatic carbocycles. The molecule has 1 fully saturated rings. The monoisotopic (exact) mass is 326 g/mol. The van der Waals surface area contributed by atoms with E-state index in [0.717, 1.165) is 0 Å². The quantitative estimate of drug-likeness (QED) is 0.865. The smallest absolute Gasteiger partial charge is 0.330 e. The summed E-state index contributed by atoms with van der Waals surface area (Å²) < 4.78 is 5.56. The Hall–Kier alpha value is -1.66. The Morgan fingerprint density at radius 2 is 2.23 bits per heavy atom. The molecule has 0 saturated heterocycles. The van der Waals surface area contributed by atoms with Crippen LogP contribution < -0.4 is 5.32 Å². The van der Waals surface area contributed by atoms with Crippen LogP contribution >= 0.6 is 11.6 Å². The number of carbonyl (C=O) groups excluding carboxylic acids is 1. The zero-order valence-corrected chi connectivity index (χ0v) is 13.5. The number of carbonyl (C=O) groups is 2. The molecule has 2 N–H and O–H groups in total. The van der Waals surface area contributed by atoms with Gasteiger partial charge in [-0.15, -0.1) is 0 Å².